The molecule has 1 aliphatic carbocycles. The standard InChI is InChI=1S/C23H28N6O4S/c1-34(31,32)19-7-5-17(6-8-19)29-22-20(13-27-29)21(25-15-26-22)14-24-16-9-11-28(12-10-16)23(30)33-18-3-2-4-18/h5-8,13,15-16,18,24H,2-4,9-12,14H2,1H3. The molecule has 1 aliphatic heterocycles. The van der Waals surface area contributed by atoms with Crippen LogP contribution in [0.5, 0.6) is 0 Å². The van der Waals surface area contributed by atoms with Gasteiger partial charge in [-0.05, 0) is 56.4 Å². The summed E-state index contributed by atoms with van der Waals surface area (Å²) in [6, 6.07) is 6.85. The van der Waals surface area contributed by atoms with Crippen molar-refractivity contribution in [2.75, 3.05) is 19.3 Å². The molecule has 0 atom stereocenters. The zero-order valence-electron chi connectivity index (χ0n) is 19.1. The average Bonchev–Trinajstić information content (AvgIpc) is 3.24. The number of carbonyl (C=O) groups excluding carboxylic acids is 1. The van der Waals surface area contributed by atoms with Gasteiger partial charge in [0.1, 0.15) is 12.4 Å². The molecule has 11 heteroatoms. The van der Waals surface area contributed by atoms with Gasteiger partial charge in [0.15, 0.2) is 15.5 Å². The predicted octanol–water partition coefficient (Wildman–Crippen LogP) is 2.46. The molecule has 34 heavy (non-hydrogen) atoms. The number of rotatable bonds is 6. The number of ether oxygens (including phenoxy) is 1. The molecule has 0 spiro atoms. The van der Waals surface area contributed by atoms with Crippen molar-refractivity contribution in [2.24, 2.45) is 0 Å². The van der Waals surface area contributed by atoms with Crippen molar-refractivity contribution < 1.29 is 17.9 Å². The van der Waals surface area contributed by atoms with Crippen LogP contribution in [0, 0.1) is 0 Å². The topological polar surface area (TPSA) is 119 Å². The van der Waals surface area contributed by atoms with Gasteiger partial charge in [-0.25, -0.2) is 27.9 Å². The van der Waals surface area contributed by atoms with Gasteiger partial charge >= 0.3 is 6.09 Å². The molecule has 2 aromatic heterocycles. The fourth-order valence-electron chi connectivity index (χ4n) is 4.27. The van der Waals surface area contributed by atoms with Crippen molar-refractivity contribution >= 4 is 27.0 Å². The lowest BCUT2D eigenvalue weighted by Gasteiger charge is -2.34. The second kappa shape index (κ2) is 9.30. The first-order valence-electron chi connectivity index (χ1n) is 11.6. The van der Waals surface area contributed by atoms with E-state index in [0.29, 0.717) is 25.3 Å². The molecular weight excluding hydrogens is 456 g/mol. The fourth-order valence-corrected chi connectivity index (χ4v) is 4.90. The van der Waals surface area contributed by atoms with E-state index in [4.69, 9.17) is 4.74 Å². The Labute approximate surface area is 198 Å². The van der Waals surface area contributed by atoms with Crippen molar-refractivity contribution in [1.29, 1.82) is 0 Å². The van der Waals surface area contributed by atoms with Gasteiger partial charge in [0.25, 0.3) is 0 Å². The Balaban J connectivity index is 1.22. The molecule has 0 radical (unpaired) electrons. The first kappa shape index (κ1) is 22.7. The highest BCUT2D eigenvalue weighted by Gasteiger charge is 2.28. The number of aromatic nitrogens is 4. The van der Waals surface area contributed by atoms with Crippen LogP contribution in [-0.2, 0) is 21.1 Å². The van der Waals surface area contributed by atoms with E-state index in [1.807, 2.05) is 0 Å². The molecule has 1 saturated carbocycles. The van der Waals surface area contributed by atoms with Crippen LogP contribution in [0.3, 0.4) is 0 Å². The highest BCUT2D eigenvalue weighted by atomic mass is 32.2. The third-order valence-corrected chi connectivity index (χ3v) is 7.72. The quantitative estimate of drug-likeness (QED) is 0.567. The van der Waals surface area contributed by atoms with E-state index in [1.165, 1.54) is 12.6 Å². The van der Waals surface area contributed by atoms with E-state index in [0.717, 1.165) is 48.9 Å². The molecule has 3 heterocycles. The molecule has 10 nitrogen and oxygen atoms in total. The Kier molecular flexibility index (Phi) is 6.22. The van der Waals surface area contributed by atoms with Crippen LogP contribution in [0.2, 0.25) is 0 Å². The normalized spacial score (nSPS) is 17.6. The number of piperidine rings is 1. The van der Waals surface area contributed by atoms with Crippen LogP contribution in [0.1, 0.15) is 37.8 Å². The summed E-state index contributed by atoms with van der Waals surface area (Å²) in [6.45, 7) is 1.93. The molecule has 1 N–H and O–H groups in total. The number of nitrogens with one attached hydrogen (secondary N) is 1. The third-order valence-electron chi connectivity index (χ3n) is 6.59. The summed E-state index contributed by atoms with van der Waals surface area (Å²) in [5.41, 5.74) is 2.23. The van der Waals surface area contributed by atoms with Crippen LogP contribution < -0.4 is 5.32 Å². The number of fused-ring (bicyclic) bond motifs is 1. The van der Waals surface area contributed by atoms with Crippen LogP contribution >= 0.6 is 0 Å². The highest BCUT2D eigenvalue weighted by molar-refractivity contribution is 7.90. The Bertz CT molecular complexity index is 1280. The van der Waals surface area contributed by atoms with Gasteiger partial charge in [-0.3, -0.25) is 0 Å². The Morgan fingerprint density at radius 3 is 2.50 bits per heavy atom. The number of sulfone groups is 1. The van der Waals surface area contributed by atoms with Gasteiger partial charge < -0.3 is 15.0 Å². The predicted molar refractivity (Wildman–Crippen MR) is 125 cm³/mol. The number of amides is 1. The Hall–Kier alpha value is -3.05. The molecule has 1 saturated heterocycles. The number of hydrogen-bond donors (Lipinski definition) is 1. The maximum Gasteiger partial charge on any atom is 0.410 e. The summed E-state index contributed by atoms with van der Waals surface area (Å²) in [6.07, 6.45) is 9.20. The molecule has 1 aromatic carbocycles. The second-order valence-electron chi connectivity index (χ2n) is 8.96. The summed E-state index contributed by atoms with van der Waals surface area (Å²) in [5, 5.41) is 8.85. The lowest BCUT2D eigenvalue weighted by atomic mass is 9.96. The lowest BCUT2D eigenvalue weighted by molar-refractivity contribution is 0.0219. The van der Waals surface area contributed by atoms with Crippen LogP contribution in [0.4, 0.5) is 4.79 Å². The van der Waals surface area contributed by atoms with E-state index < -0.39 is 9.84 Å². The Morgan fingerprint density at radius 2 is 1.85 bits per heavy atom. The fraction of sp³-hybridized carbons (Fsp3) is 0.478. The summed E-state index contributed by atoms with van der Waals surface area (Å²) in [4.78, 5) is 23.2. The van der Waals surface area contributed by atoms with Gasteiger partial charge in [-0.2, -0.15) is 5.10 Å². The average molecular weight is 485 g/mol. The van der Waals surface area contributed by atoms with Crippen molar-refractivity contribution in [3.63, 3.8) is 0 Å². The minimum Gasteiger partial charge on any atom is -0.446 e. The van der Waals surface area contributed by atoms with Gasteiger partial charge in [0.05, 0.1) is 27.9 Å². The molecule has 2 fully saturated rings. The van der Waals surface area contributed by atoms with E-state index in [-0.39, 0.29) is 23.1 Å². The first-order valence-corrected chi connectivity index (χ1v) is 13.4. The molecular formula is C23H28N6O4S. The number of nitrogens with zero attached hydrogens (tertiary/aromatic N) is 5. The molecule has 0 bridgehead atoms. The van der Waals surface area contributed by atoms with Crippen LogP contribution in [0.15, 0.2) is 41.7 Å². The van der Waals surface area contributed by atoms with Crippen molar-refractivity contribution in [2.45, 2.75) is 55.7 Å². The smallest absolute Gasteiger partial charge is 0.410 e. The van der Waals surface area contributed by atoms with Gasteiger partial charge in [-0.1, -0.05) is 0 Å². The number of carbonyl (C=O) groups is 1. The molecule has 5 rings (SSSR count). The van der Waals surface area contributed by atoms with Gasteiger partial charge in [0.2, 0.25) is 0 Å². The zero-order chi connectivity index (χ0) is 23.7. The second-order valence-corrected chi connectivity index (χ2v) is 11.0. The van der Waals surface area contributed by atoms with Crippen molar-refractivity contribution in [3.8, 4) is 5.69 Å². The minimum absolute atomic E-state index is 0.113. The van der Waals surface area contributed by atoms with E-state index in [2.05, 4.69) is 20.4 Å². The summed E-state index contributed by atoms with van der Waals surface area (Å²) in [5.74, 6) is 0. The van der Waals surface area contributed by atoms with Crippen LogP contribution in [0.25, 0.3) is 16.7 Å². The summed E-state index contributed by atoms with van der Waals surface area (Å²) >= 11 is 0. The van der Waals surface area contributed by atoms with Gasteiger partial charge in [0, 0.05) is 31.9 Å². The summed E-state index contributed by atoms with van der Waals surface area (Å²) in [7, 11) is -3.26. The van der Waals surface area contributed by atoms with Crippen molar-refractivity contribution in [3.05, 3.63) is 42.5 Å². The minimum atomic E-state index is -3.26. The zero-order valence-corrected chi connectivity index (χ0v) is 19.9. The summed E-state index contributed by atoms with van der Waals surface area (Å²) < 4.78 is 30.6. The number of hydrogen-bond acceptors (Lipinski definition) is 8. The molecule has 1 amide bonds. The molecule has 2 aliphatic rings. The molecule has 0 unspecified atom stereocenters. The van der Waals surface area contributed by atoms with E-state index in [1.54, 1.807) is 40.0 Å². The lowest BCUT2D eigenvalue weighted by Crippen LogP contribution is -2.46. The Morgan fingerprint density at radius 1 is 1.12 bits per heavy atom. The molecule has 3 aromatic rings. The first-order chi connectivity index (χ1) is 16.4. The highest BCUT2D eigenvalue weighted by Crippen LogP contribution is 2.24. The maximum absolute atomic E-state index is 12.2. The third kappa shape index (κ3) is 4.76. The van der Waals surface area contributed by atoms with E-state index in [9.17, 15) is 13.2 Å². The van der Waals surface area contributed by atoms with E-state index >= 15 is 0 Å². The monoisotopic (exact) mass is 484 g/mol. The SMILES string of the molecule is CS(=O)(=O)c1ccc(-n2ncc3c(CNC4CCN(C(=O)OC5CCC5)CC4)ncnc32)cc1. The largest absolute Gasteiger partial charge is 0.446 e. The molecule has 180 valence electrons. The van der Waals surface area contributed by atoms with Crippen LogP contribution in [-0.4, -0.2) is 70.7 Å². The maximum atomic E-state index is 12.2. The van der Waals surface area contributed by atoms with Crippen molar-refractivity contribution in [1.82, 2.24) is 30.0 Å². The number of likely N-dealkylation sites (tertiary alicyclic amines) is 1. The number of benzene rings is 1. The van der Waals surface area contributed by atoms with Gasteiger partial charge in [-0.15, -0.1) is 0 Å².